The van der Waals surface area contributed by atoms with Gasteiger partial charge in [-0.15, -0.1) is 5.10 Å². The van der Waals surface area contributed by atoms with Gasteiger partial charge in [0.05, 0.1) is 6.07 Å². The summed E-state index contributed by atoms with van der Waals surface area (Å²) < 4.78 is 3.86. The number of aromatic nitrogens is 2. The molecule has 0 atom stereocenters. The van der Waals surface area contributed by atoms with Gasteiger partial charge in [-0.25, -0.2) is 0 Å². The normalized spacial score (nSPS) is 10.1. The van der Waals surface area contributed by atoms with Crippen molar-refractivity contribution in [2.24, 2.45) is 0 Å². The Hall–Kier alpha value is -1.19. The molecule has 0 fully saturated rings. The molecule has 0 radical (unpaired) electrons. The van der Waals surface area contributed by atoms with Crippen molar-refractivity contribution in [2.75, 3.05) is 26.0 Å². The van der Waals surface area contributed by atoms with Crippen molar-refractivity contribution in [2.45, 2.75) is 13.0 Å². The van der Waals surface area contributed by atoms with Gasteiger partial charge in [-0.1, -0.05) is 4.49 Å². The molecular weight excluding hydrogens is 198 g/mol. The van der Waals surface area contributed by atoms with Crippen LogP contribution in [0.1, 0.15) is 12.1 Å². The van der Waals surface area contributed by atoms with Crippen molar-refractivity contribution in [1.82, 2.24) is 14.5 Å². The first-order chi connectivity index (χ1) is 6.77. The first kappa shape index (κ1) is 10.9. The molecule has 0 spiro atoms. The van der Waals surface area contributed by atoms with E-state index in [1.807, 2.05) is 14.1 Å². The molecule has 0 aliphatic carbocycles. The lowest BCUT2D eigenvalue weighted by molar-refractivity contribution is 0.331. The molecule has 1 rings (SSSR count). The molecule has 0 unspecified atom stereocenters. The highest BCUT2D eigenvalue weighted by atomic mass is 32.1. The number of anilines is 1. The Balaban J connectivity index is 2.47. The van der Waals surface area contributed by atoms with E-state index in [0.29, 0.717) is 6.42 Å². The summed E-state index contributed by atoms with van der Waals surface area (Å²) in [5, 5.41) is 16.5. The topological polar surface area (TPSA) is 64.8 Å². The molecule has 6 heteroatoms. The van der Waals surface area contributed by atoms with Gasteiger partial charge in [-0.05, 0) is 7.05 Å². The van der Waals surface area contributed by atoms with Gasteiger partial charge in [0.1, 0.15) is 10.7 Å². The average molecular weight is 211 g/mol. The van der Waals surface area contributed by atoms with E-state index in [1.165, 1.54) is 11.5 Å². The minimum atomic E-state index is 0.545. The molecule has 0 aliphatic heterocycles. The summed E-state index contributed by atoms with van der Waals surface area (Å²) in [6.45, 7) is 1.49. The summed E-state index contributed by atoms with van der Waals surface area (Å²) in [5.74, 6) is 0. The van der Waals surface area contributed by atoms with Crippen molar-refractivity contribution in [1.29, 1.82) is 5.26 Å². The average Bonchev–Trinajstić information content (AvgIpc) is 2.62. The van der Waals surface area contributed by atoms with Crippen molar-refractivity contribution < 1.29 is 0 Å². The highest BCUT2D eigenvalue weighted by Crippen LogP contribution is 2.17. The summed E-state index contributed by atoms with van der Waals surface area (Å²) in [6, 6.07) is 2.12. The zero-order valence-corrected chi connectivity index (χ0v) is 9.13. The highest BCUT2D eigenvalue weighted by Gasteiger charge is 2.08. The monoisotopic (exact) mass is 211 g/mol. The highest BCUT2D eigenvalue weighted by molar-refractivity contribution is 7.10. The zero-order chi connectivity index (χ0) is 10.4. The lowest BCUT2D eigenvalue weighted by Gasteiger charge is -2.13. The van der Waals surface area contributed by atoms with Gasteiger partial charge in [0.25, 0.3) is 0 Å². The molecular formula is C8H13N5S. The fourth-order valence-corrected chi connectivity index (χ4v) is 1.60. The lowest BCUT2D eigenvalue weighted by Crippen LogP contribution is -2.19. The Morgan fingerprint density at radius 2 is 2.43 bits per heavy atom. The molecule has 1 heterocycles. The van der Waals surface area contributed by atoms with E-state index >= 15 is 0 Å². The third kappa shape index (κ3) is 2.94. The Kier molecular flexibility index (Phi) is 4.29. The van der Waals surface area contributed by atoms with E-state index in [1.54, 1.807) is 0 Å². The van der Waals surface area contributed by atoms with Crippen molar-refractivity contribution in [3.63, 3.8) is 0 Å². The summed E-state index contributed by atoms with van der Waals surface area (Å²) >= 11 is 1.35. The molecule has 14 heavy (non-hydrogen) atoms. The smallest absolute Gasteiger partial charge is 0.134 e. The Morgan fingerprint density at radius 1 is 1.64 bits per heavy atom. The molecule has 1 aromatic rings. The SMILES string of the molecule is CNc1snnc1CN(C)CCC#N. The maximum absolute atomic E-state index is 8.43. The van der Waals surface area contributed by atoms with Crippen LogP contribution in [0.15, 0.2) is 0 Å². The van der Waals surface area contributed by atoms with Crippen LogP contribution in [0.5, 0.6) is 0 Å². The van der Waals surface area contributed by atoms with Crippen molar-refractivity contribution in [3.8, 4) is 6.07 Å². The van der Waals surface area contributed by atoms with E-state index in [0.717, 1.165) is 23.8 Å². The van der Waals surface area contributed by atoms with E-state index in [4.69, 9.17) is 5.26 Å². The maximum atomic E-state index is 8.43. The van der Waals surface area contributed by atoms with E-state index < -0.39 is 0 Å². The lowest BCUT2D eigenvalue weighted by atomic mass is 10.3. The first-order valence-corrected chi connectivity index (χ1v) is 5.09. The van der Waals surface area contributed by atoms with E-state index in [9.17, 15) is 0 Å². The van der Waals surface area contributed by atoms with Gasteiger partial charge in [0, 0.05) is 38.1 Å². The third-order valence-electron chi connectivity index (χ3n) is 1.81. The Morgan fingerprint density at radius 3 is 3.07 bits per heavy atom. The Labute approximate surface area is 87.5 Å². The van der Waals surface area contributed by atoms with E-state index in [2.05, 4.69) is 25.9 Å². The number of hydrogen-bond acceptors (Lipinski definition) is 6. The minimum absolute atomic E-state index is 0.545. The number of nitriles is 1. The summed E-state index contributed by atoms with van der Waals surface area (Å²) in [7, 11) is 3.82. The summed E-state index contributed by atoms with van der Waals surface area (Å²) in [4.78, 5) is 2.06. The van der Waals surface area contributed by atoms with Crippen LogP contribution < -0.4 is 5.32 Å². The van der Waals surface area contributed by atoms with Crippen molar-refractivity contribution in [3.05, 3.63) is 5.69 Å². The molecule has 0 amide bonds. The number of rotatable bonds is 5. The van der Waals surface area contributed by atoms with Gasteiger partial charge in [0.15, 0.2) is 0 Å². The fourth-order valence-electron chi connectivity index (χ4n) is 1.08. The van der Waals surface area contributed by atoms with Crippen LogP contribution in [-0.4, -0.2) is 35.1 Å². The van der Waals surface area contributed by atoms with Crippen LogP contribution in [0, 0.1) is 11.3 Å². The zero-order valence-electron chi connectivity index (χ0n) is 8.32. The molecule has 0 saturated carbocycles. The second-order valence-electron chi connectivity index (χ2n) is 2.94. The largest absolute Gasteiger partial charge is 0.377 e. The van der Waals surface area contributed by atoms with Crippen molar-refractivity contribution >= 4 is 16.5 Å². The van der Waals surface area contributed by atoms with Gasteiger partial charge in [0.2, 0.25) is 0 Å². The fraction of sp³-hybridized carbons (Fsp3) is 0.625. The van der Waals surface area contributed by atoms with Crippen LogP contribution in [0.3, 0.4) is 0 Å². The van der Waals surface area contributed by atoms with Crippen LogP contribution in [-0.2, 0) is 6.54 Å². The van der Waals surface area contributed by atoms with Gasteiger partial charge in [-0.3, -0.25) is 4.90 Å². The third-order valence-corrected chi connectivity index (χ3v) is 2.59. The molecule has 0 aromatic carbocycles. The number of nitrogens with zero attached hydrogens (tertiary/aromatic N) is 4. The molecule has 0 saturated heterocycles. The van der Waals surface area contributed by atoms with Crippen LogP contribution >= 0.6 is 11.5 Å². The predicted molar refractivity (Wildman–Crippen MR) is 56.0 cm³/mol. The predicted octanol–water partition coefficient (Wildman–Crippen LogP) is 0.925. The number of hydrogen-bond donors (Lipinski definition) is 1. The Bertz CT molecular complexity index is 316. The first-order valence-electron chi connectivity index (χ1n) is 4.32. The maximum Gasteiger partial charge on any atom is 0.134 e. The molecule has 1 N–H and O–H groups in total. The summed E-state index contributed by atoms with van der Waals surface area (Å²) in [5.41, 5.74) is 0.943. The van der Waals surface area contributed by atoms with Gasteiger partial charge >= 0.3 is 0 Å². The minimum Gasteiger partial charge on any atom is -0.377 e. The molecule has 1 aromatic heterocycles. The standard InChI is InChI=1S/C8H13N5S/c1-10-8-7(11-12-14-8)6-13(2)5-3-4-9/h10H,3,5-6H2,1-2H3. The van der Waals surface area contributed by atoms with Gasteiger partial charge < -0.3 is 5.32 Å². The van der Waals surface area contributed by atoms with Gasteiger partial charge in [-0.2, -0.15) is 5.26 Å². The van der Waals surface area contributed by atoms with E-state index in [-0.39, 0.29) is 0 Å². The molecule has 5 nitrogen and oxygen atoms in total. The quantitative estimate of drug-likeness (QED) is 0.784. The second-order valence-corrected chi connectivity index (χ2v) is 3.70. The number of nitrogens with one attached hydrogen (secondary N) is 1. The molecule has 0 bridgehead atoms. The summed E-state index contributed by atoms with van der Waals surface area (Å²) in [6.07, 6.45) is 0.545. The molecule has 76 valence electrons. The second kappa shape index (κ2) is 5.52. The van der Waals surface area contributed by atoms with Crippen LogP contribution in [0.25, 0.3) is 0 Å². The molecule has 0 aliphatic rings. The van der Waals surface area contributed by atoms with Crippen LogP contribution in [0.4, 0.5) is 5.00 Å². The van der Waals surface area contributed by atoms with Crippen LogP contribution in [0.2, 0.25) is 0 Å².